The van der Waals surface area contributed by atoms with Gasteiger partial charge in [0, 0.05) is 19.4 Å². The average molecular weight is 207 g/mol. The van der Waals surface area contributed by atoms with Crippen molar-refractivity contribution in [2.45, 2.75) is 13.0 Å². The molecule has 0 saturated heterocycles. The van der Waals surface area contributed by atoms with Gasteiger partial charge in [0.25, 0.3) is 0 Å². The van der Waals surface area contributed by atoms with Crippen molar-refractivity contribution < 1.29 is 5.11 Å². The van der Waals surface area contributed by atoms with Gasteiger partial charge in [-0.3, -0.25) is 4.40 Å². The molecule has 0 aromatic carbocycles. The van der Waals surface area contributed by atoms with E-state index < -0.39 is 0 Å². The fraction of sp³-hybridized carbons (Fsp3) is 0.444. The van der Waals surface area contributed by atoms with Crippen LogP contribution in [0.4, 0.5) is 5.82 Å². The Labute approximate surface area is 87.2 Å². The van der Waals surface area contributed by atoms with Gasteiger partial charge in [-0.1, -0.05) is 0 Å². The average Bonchev–Trinajstić information content (AvgIpc) is 2.74. The summed E-state index contributed by atoms with van der Waals surface area (Å²) in [5.41, 5.74) is 0.695. The van der Waals surface area contributed by atoms with Crippen molar-refractivity contribution in [3.63, 3.8) is 0 Å². The molecule has 0 spiro atoms. The van der Waals surface area contributed by atoms with E-state index in [9.17, 15) is 0 Å². The van der Waals surface area contributed by atoms with Crippen LogP contribution in [0.5, 0.6) is 0 Å². The van der Waals surface area contributed by atoms with Crippen LogP contribution >= 0.6 is 0 Å². The summed E-state index contributed by atoms with van der Waals surface area (Å²) >= 11 is 0. The van der Waals surface area contributed by atoms with Gasteiger partial charge in [0.05, 0.1) is 12.6 Å². The Morgan fingerprint density at radius 3 is 3.13 bits per heavy atom. The molecule has 1 unspecified atom stereocenters. The van der Waals surface area contributed by atoms with Crippen molar-refractivity contribution in [2.75, 3.05) is 18.6 Å². The van der Waals surface area contributed by atoms with Crippen LogP contribution < -0.4 is 4.90 Å². The van der Waals surface area contributed by atoms with Crippen molar-refractivity contribution >= 4 is 11.5 Å². The summed E-state index contributed by atoms with van der Waals surface area (Å²) in [5.74, 6) is 0.719. The fourth-order valence-electron chi connectivity index (χ4n) is 1.33. The Bertz CT molecular complexity index is 454. The third kappa shape index (κ3) is 1.63. The monoisotopic (exact) mass is 207 g/mol. The molecule has 6 heteroatoms. The largest absolute Gasteiger partial charge is 0.394 e. The number of hydrogen-bond acceptors (Lipinski definition) is 5. The summed E-state index contributed by atoms with van der Waals surface area (Å²) in [6, 6.07) is 0.000370. The topological polar surface area (TPSA) is 66.5 Å². The molecule has 0 amide bonds. The minimum atomic E-state index is 0.000370. The molecular formula is C9H13N5O. The van der Waals surface area contributed by atoms with Crippen LogP contribution in [0.1, 0.15) is 6.92 Å². The lowest BCUT2D eigenvalue weighted by Gasteiger charge is -2.23. The highest BCUT2D eigenvalue weighted by molar-refractivity contribution is 5.63. The van der Waals surface area contributed by atoms with E-state index in [1.54, 1.807) is 23.1 Å². The summed E-state index contributed by atoms with van der Waals surface area (Å²) in [4.78, 5) is 6.12. The summed E-state index contributed by atoms with van der Waals surface area (Å²) in [7, 11) is 1.87. The molecule has 2 heterocycles. The van der Waals surface area contributed by atoms with Crippen molar-refractivity contribution in [1.29, 1.82) is 0 Å². The second kappa shape index (κ2) is 3.82. The van der Waals surface area contributed by atoms with Gasteiger partial charge in [-0.25, -0.2) is 4.98 Å². The van der Waals surface area contributed by atoms with Crippen molar-refractivity contribution in [3.8, 4) is 0 Å². The van der Waals surface area contributed by atoms with Gasteiger partial charge in [-0.2, -0.15) is 0 Å². The maximum Gasteiger partial charge on any atom is 0.203 e. The molecule has 0 radical (unpaired) electrons. The molecule has 80 valence electrons. The molecule has 1 N–H and O–H groups in total. The second-order valence-electron chi connectivity index (χ2n) is 3.46. The summed E-state index contributed by atoms with van der Waals surface area (Å²) in [6.45, 7) is 1.99. The van der Waals surface area contributed by atoms with Crippen LogP contribution in [0, 0.1) is 0 Å². The van der Waals surface area contributed by atoms with Crippen molar-refractivity contribution in [2.24, 2.45) is 0 Å². The zero-order valence-corrected chi connectivity index (χ0v) is 8.70. The minimum Gasteiger partial charge on any atom is -0.394 e. The molecule has 0 aliphatic heterocycles. The van der Waals surface area contributed by atoms with Gasteiger partial charge < -0.3 is 10.0 Å². The first-order chi connectivity index (χ1) is 7.24. The molecule has 2 rings (SSSR count). The van der Waals surface area contributed by atoms with Gasteiger partial charge in [0.1, 0.15) is 6.33 Å². The van der Waals surface area contributed by atoms with Crippen molar-refractivity contribution in [1.82, 2.24) is 19.6 Å². The predicted molar refractivity (Wildman–Crippen MR) is 55.7 cm³/mol. The Morgan fingerprint density at radius 1 is 1.60 bits per heavy atom. The highest BCUT2D eigenvalue weighted by atomic mass is 16.3. The van der Waals surface area contributed by atoms with Gasteiger partial charge >= 0.3 is 0 Å². The van der Waals surface area contributed by atoms with Crippen LogP contribution in [0.3, 0.4) is 0 Å². The molecule has 0 fully saturated rings. The molecular weight excluding hydrogens is 194 g/mol. The number of hydrogen-bond donors (Lipinski definition) is 1. The van der Waals surface area contributed by atoms with E-state index in [0.717, 1.165) is 5.82 Å². The summed E-state index contributed by atoms with van der Waals surface area (Å²) in [5, 5.41) is 16.9. The third-order valence-corrected chi connectivity index (χ3v) is 2.46. The number of fused-ring (bicyclic) bond motifs is 1. The first-order valence-corrected chi connectivity index (χ1v) is 4.72. The number of likely N-dealkylation sites (N-methyl/N-ethyl adjacent to an activating group) is 1. The molecule has 15 heavy (non-hydrogen) atoms. The zero-order chi connectivity index (χ0) is 10.8. The number of anilines is 1. The lowest BCUT2D eigenvalue weighted by molar-refractivity contribution is 0.270. The van der Waals surface area contributed by atoms with E-state index in [2.05, 4.69) is 15.2 Å². The predicted octanol–water partition coefficient (Wildman–Crippen LogP) is -0.0587. The molecule has 0 aliphatic carbocycles. The fourth-order valence-corrected chi connectivity index (χ4v) is 1.33. The van der Waals surface area contributed by atoms with Crippen LogP contribution in [0.25, 0.3) is 5.65 Å². The molecule has 0 saturated carbocycles. The van der Waals surface area contributed by atoms with Gasteiger partial charge in [0.2, 0.25) is 5.65 Å². The molecule has 2 aromatic rings. The highest BCUT2D eigenvalue weighted by Crippen LogP contribution is 2.16. The number of rotatable bonds is 3. The number of aliphatic hydroxyl groups is 1. The molecule has 0 aliphatic rings. The maximum absolute atomic E-state index is 9.08. The first kappa shape index (κ1) is 9.85. The number of nitrogens with zero attached hydrogens (tertiary/aromatic N) is 5. The van der Waals surface area contributed by atoms with Crippen LogP contribution in [-0.4, -0.2) is 44.4 Å². The molecule has 2 aromatic heterocycles. The smallest absolute Gasteiger partial charge is 0.203 e. The van der Waals surface area contributed by atoms with E-state index in [1.807, 2.05) is 18.9 Å². The summed E-state index contributed by atoms with van der Waals surface area (Å²) in [6.07, 6.45) is 5.10. The van der Waals surface area contributed by atoms with Crippen LogP contribution in [-0.2, 0) is 0 Å². The molecule has 1 atom stereocenters. The van der Waals surface area contributed by atoms with Gasteiger partial charge in [-0.05, 0) is 6.92 Å². The summed E-state index contributed by atoms with van der Waals surface area (Å²) < 4.78 is 1.79. The first-order valence-electron chi connectivity index (χ1n) is 4.72. The number of aromatic nitrogens is 4. The SMILES string of the molecule is CC(CO)N(C)c1nccn2cnnc12. The van der Waals surface area contributed by atoms with Crippen LogP contribution in [0.15, 0.2) is 18.7 Å². The number of aliphatic hydroxyl groups excluding tert-OH is 1. The Morgan fingerprint density at radius 2 is 2.40 bits per heavy atom. The quantitative estimate of drug-likeness (QED) is 0.763. The highest BCUT2D eigenvalue weighted by Gasteiger charge is 2.14. The maximum atomic E-state index is 9.08. The van der Waals surface area contributed by atoms with E-state index in [1.165, 1.54) is 0 Å². The molecule has 0 bridgehead atoms. The van der Waals surface area contributed by atoms with Gasteiger partial charge in [0.15, 0.2) is 5.82 Å². The second-order valence-corrected chi connectivity index (χ2v) is 3.46. The van der Waals surface area contributed by atoms with E-state index in [0.29, 0.717) is 5.65 Å². The standard InChI is InChI=1S/C9H13N5O/c1-7(5-15)13(2)8-9-12-11-6-14(9)4-3-10-8/h3-4,6-7,15H,5H2,1-2H3. The Balaban J connectivity index is 2.46. The van der Waals surface area contributed by atoms with E-state index in [4.69, 9.17) is 5.11 Å². The van der Waals surface area contributed by atoms with Crippen LogP contribution in [0.2, 0.25) is 0 Å². The lowest BCUT2D eigenvalue weighted by Crippen LogP contribution is -2.32. The third-order valence-electron chi connectivity index (χ3n) is 2.46. The lowest BCUT2D eigenvalue weighted by atomic mass is 10.3. The van der Waals surface area contributed by atoms with Crippen molar-refractivity contribution in [3.05, 3.63) is 18.7 Å². The van der Waals surface area contributed by atoms with E-state index >= 15 is 0 Å². The van der Waals surface area contributed by atoms with Gasteiger partial charge in [-0.15, -0.1) is 10.2 Å². The Kier molecular flexibility index (Phi) is 2.51. The minimum absolute atomic E-state index is 0.000370. The zero-order valence-electron chi connectivity index (χ0n) is 8.70. The Hall–Kier alpha value is -1.69. The normalized spacial score (nSPS) is 13.0. The molecule has 6 nitrogen and oxygen atoms in total. The van der Waals surface area contributed by atoms with E-state index in [-0.39, 0.29) is 12.6 Å².